The minimum absolute atomic E-state index is 0.0886. The number of ether oxygens (including phenoxy) is 1. The smallest absolute Gasteiger partial charge is 0.183 e. The molecule has 0 amide bonds. The highest BCUT2D eigenvalue weighted by atomic mass is 16.5. The average molecular weight is 141 g/mol. The summed E-state index contributed by atoms with van der Waals surface area (Å²) in [5.74, 6) is 1.51. The van der Waals surface area contributed by atoms with E-state index in [1.807, 2.05) is 0 Å². The molecule has 1 heterocycles. The minimum atomic E-state index is 0.0886. The SMILES string of the molecule is COC1=NC(C)(C)C(C)C1. The third kappa shape index (κ3) is 1.15. The Bertz CT molecular complexity index is 161. The Labute approximate surface area is 62.3 Å². The molecule has 0 N–H and O–H groups in total. The number of rotatable bonds is 0. The van der Waals surface area contributed by atoms with E-state index >= 15 is 0 Å². The summed E-state index contributed by atoms with van der Waals surface area (Å²) in [6.07, 6.45) is 0.990. The fraction of sp³-hybridized carbons (Fsp3) is 0.875. The number of nitrogens with zero attached hydrogens (tertiary/aromatic N) is 1. The summed E-state index contributed by atoms with van der Waals surface area (Å²) < 4.78 is 5.07. The first kappa shape index (κ1) is 7.58. The lowest BCUT2D eigenvalue weighted by molar-refractivity contribution is 0.379. The standard InChI is InChI=1S/C8H15NO/c1-6-5-7(10-4)9-8(6,2)3/h6H,5H2,1-4H3. The molecule has 1 aliphatic rings. The van der Waals surface area contributed by atoms with Crippen LogP contribution < -0.4 is 0 Å². The van der Waals surface area contributed by atoms with Crippen molar-refractivity contribution in [3.8, 4) is 0 Å². The summed E-state index contributed by atoms with van der Waals surface area (Å²) in [4.78, 5) is 4.41. The summed E-state index contributed by atoms with van der Waals surface area (Å²) in [7, 11) is 1.69. The van der Waals surface area contributed by atoms with Gasteiger partial charge in [-0.2, -0.15) is 0 Å². The maximum Gasteiger partial charge on any atom is 0.183 e. The fourth-order valence-electron chi connectivity index (χ4n) is 1.12. The molecule has 0 radical (unpaired) electrons. The summed E-state index contributed by atoms with van der Waals surface area (Å²) in [6.45, 7) is 6.49. The van der Waals surface area contributed by atoms with Crippen molar-refractivity contribution in [1.29, 1.82) is 0 Å². The molecule has 0 saturated heterocycles. The van der Waals surface area contributed by atoms with Gasteiger partial charge < -0.3 is 4.74 Å². The zero-order valence-electron chi connectivity index (χ0n) is 7.14. The van der Waals surface area contributed by atoms with E-state index in [1.54, 1.807) is 7.11 Å². The van der Waals surface area contributed by atoms with E-state index in [1.165, 1.54) is 0 Å². The molecule has 1 atom stereocenters. The molecule has 1 unspecified atom stereocenters. The van der Waals surface area contributed by atoms with Crippen LogP contribution in [0, 0.1) is 5.92 Å². The highest BCUT2D eigenvalue weighted by Gasteiger charge is 2.32. The second-order valence-corrected chi connectivity index (χ2v) is 3.47. The molecule has 0 fully saturated rings. The van der Waals surface area contributed by atoms with E-state index in [9.17, 15) is 0 Å². The van der Waals surface area contributed by atoms with Crippen LogP contribution in [0.25, 0.3) is 0 Å². The largest absolute Gasteiger partial charge is 0.484 e. The van der Waals surface area contributed by atoms with Crippen LogP contribution in [-0.4, -0.2) is 18.5 Å². The van der Waals surface area contributed by atoms with Gasteiger partial charge in [0.15, 0.2) is 5.90 Å². The Kier molecular flexibility index (Phi) is 1.71. The number of methoxy groups -OCH3 is 1. The van der Waals surface area contributed by atoms with Crippen molar-refractivity contribution in [2.45, 2.75) is 32.7 Å². The molecule has 2 heteroatoms. The van der Waals surface area contributed by atoms with Gasteiger partial charge in [0.1, 0.15) is 0 Å². The molecule has 1 rings (SSSR count). The summed E-state index contributed by atoms with van der Waals surface area (Å²) >= 11 is 0. The number of hydrogen-bond donors (Lipinski definition) is 0. The minimum Gasteiger partial charge on any atom is -0.484 e. The third-order valence-corrected chi connectivity index (χ3v) is 2.34. The van der Waals surface area contributed by atoms with E-state index in [2.05, 4.69) is 25.8 Å². The average Bonchev–Trinajstić information content (AvgIpc) is 2.08. The van der Waals surface area contributed by atoms with Crippen LogP contribution in [-0.2, 0) is 4.74 Å². The van der Waals surface area contributed by atoms with Gasteiger partial charge in [-0.3, -0.25) is 0 Å². The third-order valence-electron chi connectivity index (χ3n) is 2.34. The van der Waals surface area contributed by atoms with E-state index in [4.69, 9.17) is 4.74 Å². The molecule has 0 aromatic carbocycles. The Morgan fingerprint density at radius 3 is 2.40 bits per heavy atom. The zero-order valence-corrected chi connectivity index (χ0v) is 7.14. The fourth-order valence-corrected chi connectivity index (χ4v) is 1.12. The maximum absolute atomic E-state index is 5.07. The number of hydrogen-bond acceptors (Lipinski definition) is 2. The predicted octanol–water partition coefficient (Wildman–Crippen LogP) is 1.85. The molecular formula is C8H15NO. The van der Waals surface area contributed by atoms with E-state index in [0.717, 1.165) is 12.3 Å². The van der Waals surface area contributed by atoms with Crippen molar-refractivity contribution < 1.29 is 4.74 Å². The first-order valence-electron chi connectivity index (χ1n) is 3.69. The zero-order chi connectivity index (χ0) is 7.78. The molecule has 0 bridgehead atoms. The first-order valence-corrected chi connectivity index (χ1v) is 3.69. The molecule has 10 heavy (non-hydrogen) atoms. The van der Waals surface area contributed by atoms with E-state index < -0.39 is 0 Å². The van der Waals surface area contributed by atoms with Crippen LogP contribution in [0.5, 0.6) is 0 Å². The van der Waals surface area contributed by atoms with Crippen LogP contribution in [0.15, 0.2) is 4.99 Å². The van der Waals surface area contributed by atoms with Crippen molar-refractivity contribution >= 4 is 5.90 Å². The molecule has 0 aromatic heterocycles. The molecule has 58 valence electrons. The highest BCUT2D eigenvalue weighted by Crippen LogP contribution is 2.30. The topological polar surface area (TPSA) is 21.6 Å². The maximum atomic E-state index is 5.07. The predicted molar refractivity (Wildman–Crippen MR) is 42.3 cm³/mol. The lowest BCUT2D eigenvalue weighted by Crippen LogP contribution is -2.21. The Balaban J connectivity index is 2.71. The van der Waals surface area contributed by atoms with Crippen molar-refractivity contribution in [3.05, 3.63) is 0 Å². The Morgan fingerprint density at radius 2 is 2.20 bits per heavy atom. The molecule has 0 spiro atoms. The lowest BCUT2D eigenvalue weighted by atomic mass is 9.91. The van der Waals surface area contributed by atoms with Gasteiger partial charge in [0.25, 0.3) is 0 Å². The van der Waals surface area contributed by atoms with Gasteiger partial charge in [-0.15, -0.1) is 0 Å². The van der Waals surface area contributed by atoms with Gasteiger partial charge in [-0.05, 0) is 19.8 Å². The second kappa shape index (κ2) is 2.26. The normalized spacial score (nSPS) is 30.0. The van der Waals surface area contributed by atoms with Gasteiger partial charge in [-0.1, -0.05) is 6.92 Å². The van der Waals surface area contributed by atoms with Gasteiger partial charge in [0.2, 0.25) is 0 Å². The van der Waals surface area contributed by atoms with Crippen molar-refractivity contribution in [2.24, 2.45) is 10.9 Å². The Morgan fingerprint density at radius 1 is 1.60 bits per heavy atom. The summed E-state index contributed by atoms with van der Waals surface area (Å²) in [5.41, 5.74) is 0.0886. The quantitative estimate of drug-likeness (QED) is 0.504. The van der Waals surface area contributed by atoms with Gasteiger partial charge >= 0.3 is 0 Å². The van der Waals surface area contributed by atoms with Crippen LogP contribution in [0.3, 0.4) is 0 Å². The first-order chi connectivity index (χ1) is 4.56. The monoisotopic (exact) mass is 141 g/mol. The summed E-state index contributed by atoms with van der Waals surface area (Å²) in [6, 6.07) is 0. The van der Waals surface area contributed by atoms with Crippen LogP contribution in [0.1, 0.15) is 27.2 Å². The highest BCUT2D eigenvalue weighted by molar-refractivity contribution is 5.78. The van der Waals surface area contributed by atoms with Gasteiger partial charge in [0.05, 0.1) is 12.6 Å². The molecular weight excluding hydrogens is 126 g/mol. The second-order valence-electron chi connectivity index (χ2n) is 3.47. The van der Waals surface area contributed by atoms with E-state index in [0.29, 0.717) is 5.92 Å². The molecule has 0 aromatic rings. The molecule has 0 saturated carbocycles. The molecule has 1 aliphatic heterocycles. The van der Waals surface area contributed by atoms with Crippen LogP contribution in [0.2, 0.25) is 0 Å². The lowest BCUT2D eigenvalue weighted by Gasteiger charge is -2.18. The van der Waals surface area contributed by atoms with E-state index in [-0.39, 0.29) is 5.54 Å². The molecule has 0 aliphatic carbocycles. The van der Waals surface area contributed by atoms with Crippen LogP contribution in [0.4, 0.5) is 0 Å². The number of aliphatic imine (C=N–C) groups is 1. The summed E-state index contributed by atoms with van der Waals surface area (Å²) in [5, 5.41) is 0. The van der Waals surface area contributed by atoms with Crippen LogP contribution >= 0.6 is 0 Å². The van der Waals surface area contributed by atoms with Gasteiger partial charge in [-0.25, -0.2) is 4.99 Å². The van der Waals surface area contributed by atoms with Gasteiger partial charge in [0, 0.05) is 6.42 Å². The van der Waals surface area contributed by atoms with Crippen molar-refractivity contribution in [3.63, 3.8) is 0 Å². The van der Waals surface area contributed by atoms with Crippen molar-refractivity contribution in [2.75, 3.05) is 7.11 Å². The Hall–Kier alpha value is -0.530. The molecule has 2 nitrogen and oxygen atoms in total. The van der Waals surface area contributed by atoms with Crippen molar-refractivity contribution in [1.82, 2.24) is 0 Å².